The maximum Gasteiger partial charge on any atom is 0.305 e. The van der Waals surface area contributed by atoms with E-state index < -0.39 is 0 Å². The summed E-state index contributed by atoms with van der Waals surface area (Å²) in [6.07, 6.45) is 0.830. The van der Waals surface area contributed by atoms with Crippen molar-refractivity contribution >= 4 is 5.97 Å². The van der Waals surface area contributed by atoms with Crippen LogP contribution in [0.4, 0.5) is 0 Å². The number of hydrogen-bond donors (Lipinski definition) is 1. The molecular formula is C22H28O5. The van der Waals surface area contributed by atoms with E-state index in [-0.39, 0.29) is 17.6 Å². The number of ether oxygens (including phenoxy) is 3. The summed E-state index contributed by atoms with van der Waals surface area (Å²) in [6, 6.07) is 7.24. The molecule has 0 aliphatic carbocycles. The number of carbonyl (C=O) groups excluding carboxylic acids is 1. The molecule has 27 heavy (non-hydrogen) atoms. The molecule has 5 nitrogen and oxygen atoms in total. The first-order valence-electron chi connectivity index (χ1n) is 9.03. The Hall–Kier alpha value is -2.69. The van der Waals surface area contributed by atoms with E-state index in [0.29, 0.717) is 30.1 Å². The summed E-state index contributed by atoms with van der Waals surface area (Å²) in [6.45, 7) is 7.95. The second kappa shape index (κ2) is 8.80. The molecule has 2 aromatic carbocycles. The van der Waals surface area contributed by atoms with Crippen LogP contribution < -0.4 is 9.47 Å². The summed E-state index contributed by atoms with van der Waals surface area (Å²) in [5.41, 5.74) is 3.60. The van der Waals surface area contributed by atoms with Crippen LogP contribution in [0.2, 0.25) is 0 Å². The van der Waals surface area contributed by atoms with Crippen LogP contribution in [0.3, 0.4) is 0 Å². The summed E-state index contributed by atoms with van der Waals surface area (Å²) in [4.78, 5) is 11.5. The summed E-state index contributed by atoms with van der Waals surface area (Å²) >= 11 is 0. The Labute approximate surface area is 160 Å². The van der Waals surface area contributed by atoms with Crippen molar-refractivity contribution in [3.05, 3.63) is 46.5 Å². The zero-order valence-electron chi connectivity index (χ0n) is 16.9. The Bertz CT molecular complexity index is 824. The molecule has 0 saturated heterocycles. The zero-order chi connectivity index (χ0) is 20.1. The van der Waals surface area contributed by atoms with E-state index in [1.54, 1.807) is 19.2 Å². The highest BCUT2D eigenvalue weighted by molar-refractivity contribution is 5.70. The van der Waals surface area contributed by atoms with Gasteiger partial charge in [-0.2, -0.15) is 0 Å². The maximum atomic E-state index is 11.5. The van der Waals surface area contributed by atoms with Gasteiger partial charge in [-0.25, -0.2) is 0 Å². The van der Waals surface area contributed by atoms with Crippen molar-refractivity contribution in [3.63, 3.8) is 0 Å². The summed E-state index contributed by atoms with van der Waals surface area (Å²) < 4.78 is 16.5. The molecule has 0 fully saturated rings. The lowest BCUT2D eigenvalue weighted by Gasteiger charge is -2.19. The van der Waals surface area contributed by atoms with Gasteiger partial charge in [-0.3, -0.25) is 4.79 Å². The molecule has 0 atom stereocenters. The Morgan fingerprint density at radius 1 is 1.11 bits per heavy atom. The third kappa shape index (κ3) is 4.73. The molecule has 0 unspecified atom stereocenters. The molecule has 0 radical (unpaired) electrons. The van der Waals surface area contributed by atoms with Crippen molar-refractivity contribution in [1.82, 2.24) is 0 Å². The van der Waals surface area contributed by atoms with Gasteiger partial charge in [0.05, 0.1) is 14.2 Å². The molecule has 0 spiro atoms. The third-order valence-corrected chi connectivity index (χ3v) is 4.59. The minimum atomic E-state index is -0.252. The highest BCUT2D eigenvalue weighted by Crippen LogP contribution is 2.39. The van der Waals surface area contributed by atoms with Gasteiger partial charge in [0, 0.05) is 17.5 Å². The SMILES string of the molecule is COC(=O)CCc1cc(C)c(Oc2ccc(O)c(C(C)C)c2)c(C)c1OC. The first-order chi connectivity index (χ1) is 12.8. The summed E-state index contributed by atoms with van der Waals surface area (Å²) in [7, 11) is 3.00. The number of benzene rings is 2. The number of methoxy groups -OCH3 is 2. The first kappa shape index (κ1) is 20.6. The molecule has 146 valence electrons. The Balaban J connectivity index is 2.38. The van der Waals surface area contributed by atoms with Crippen LogP contribution in [0, 0.1) is 13.8 Å². The lowest BCUT2D eigenvalue weighted by Crippen LogP contribution is -2.05. The first-order valence-corrected chi connectivity index (χ1v) is 9.03. The van der Waals surface area contributed by atoms with Crippen molar-refractivity contribution in [1.29, 1.82) is 0 Å². The largest absolute Gasteiger partial charge is 0.508 e. The van der Waals surface area contributed by atoms with Gasteiger partial charge < -0.3 is 19.3 Å². The van der Waals surface area contributed by atoms with Gasteiger partial charge in [0.15, 0.2) is 0 Å². The van der Waals surface area contributed by atoms with Crippen LogP contribution in [0.1, 0.15) is 48.4 Å². The molecule has 2 aromatic rings. The number of hydrogen-bond acceptors (Lipinski definition) is 5. The van der Waals surface area contributed by atoms with E-state index in [4.69, 9.17) is 14.2 Å². The number of phenols is 1. The summed E-state index contributed by atoms with van der Waals surface area (Å²) in [5.74, 6) is 2.29. The highest BCUT2D eigenvalue weighted by Gasteiger charge is 2.17. The normalized spacial score (nSPS) is 10.8. The van der Waals surface area contributed by atoms with Crippen molar-refractivity contribution in [2.45, 2.75) is 46.5 Å². The van der Waals surface area contributed by atoms with Crippen molar-refractivity contribution in [2.75, 3.05) is 14.2 Å². The second-order valence-electron chi connectivity index (χ2n) is 6.89. The Kier molecular flexibility index (Phi) is 6.72. The lowest BCUT2D eigenvalue weighted by atomic mass is 10.00. The van der Waals surface area contributed by atoms with E-state index in [1.165, 1.54) is 7.11 Å². The number of aromatic hydroxyl groups is 1. The molecule has 2 rings (SSSR count). The topological polar surface area (TPSA) is 65.0 Å². The fraction of sp³-hybridized carbons (Fsp3) is 0.409. The molecule has 0 amide bonds. The predicted octanol–water partition coefficient (Wildman–Crippen LogP) is 5.04. The fourth-order valence-corrected chi connectivity index (χ4v) is 3.17. The average Bonchev–Trinajstić information content (AvgIpc) is 2.64. The van der Waals surface area contributed by atoms with Gasteiger partial charge in [0.25, 0.3) is 0 Å². The van der Waals surface area contributed by atoms with Crippen LogP contribution in [-0.2, 0) is 16.0 Å². The smallest absolute Gasteiger partial charge is 0.305 e. The van der Waals surface area contributed by atoms with Gasteiger partial charge in [-0.1, -0.05) is 13.8 Å². The number of carbonyl (C=O) groups is 1. The third-order valence-electron chi connectivity index (χ3n) is 4.59. The van der Waals surface area contributed by atoms with Crippen LogP contribution in [0.5, 0.6) is 23.0 Å². The molecule has 1 N–H and O–H groups in total. The van der Waals surface area contributed by atoms with Crippen LogP contribution in [0.15, 0.2) is 24.3 Å². The molecule has 0 heterocycles. The lowest BCUT2D eigenvalue weighted by molar-refractivity contribution is -0.140. The van der Waals surface area contributed by atoms with E-state index in [1.807, 2.05) is 39.8 Å². The van der Waals surface area contributed by atoms with E-state index in [2.05, 4.69) is 0 Å². The number of phenolic OH excluding ortho intramolecular Hbond substituents is 1. The molecule has 0 saturated carbocycles. The van der Waals surface area contributed by atoms with Crippen LogP contribution in [-0.4, -0.2) is 25.3 Å². The Morgan fingerprint density at radius 3 is 2.41 bits per heavy atom. The quantitative estimate of drug-likeness (QED) is 0.690. The second-order valence-corrected chi connectivity index (χ2v) is 6.89. The standard InChI is InChI=1S/C22H28O5/c1-13(2)18-12-17(8-9-19(18)23)27-21-14(3)11-16(7-10-20(24)25-5)22(26-6)15(21)4/h8-9,11-13,23H,7,10H2,1-6H3. The molecule has 0 aliphatic rings. The van der Waals surface area contributed by atoms with Crippen LogP contribution >= 0.6 is 0 Å². The highest BCUT2D eigenvalue weighted by atomic mass is 16.5. The van der Waals surface area contributed by atoms with Crippen LogP contribution in [0.25, 0.3) is 0 Å². The average molecular weight is 372 g/mol. The minimum Gasteiger partial charge on any atom is -0.508 e. The van der Waals surface area contributed by atoms with Gasteiger partial charge in [-0.15, -0.1) is 0 Å². The van der Waals surface area contributed by atoms with Gasteiger partial charge in [0.1, 0.15) is 23.0 Å². The van der Waals surface area contributed by atoms with Gasteiger partial charge in [-0.05, 0) is 61.6 Å². The van der Waals surface area contributed by atoms with Crippen molar-refractivity contribution in [2.24, 2.45) is 0 Å². The molecule has 0 aliphatic heterocycles. The summed E-state index contributed by atoms with van der Waals surface area (Å²) in [5, 5.41) is 10.0. The van der Waals surface area contributed by atoms with Gasteiger partial charge in [0.2, 0.25) is 0 Å². The van der Waals surface area contributed by atoms with E-state index in [0.717, 1.165) is 22.3 Å². The monoisotopic (exact) mass is 372 g/mol. The zero-order valence-corrected chi connectivity index (χ0v) is 16.9. The molecule has 0 aromatic heterocycles. The molecular weight excluding hydrogens is 344 g/mol. The molecule has 0 bridgehead atoms. The molecule has 5 heteroatoms. The predicted molar refractivity (Wildman–Crippen MR) is 105 cm³/mol. The van der Waals surface area contributed by atoms with Crippen molar-refractivity contribution < 1.29 is 24.1 Å². The Morgan fingerprint density at radius 2 is 1.81 bits per heavy atom. The number of esters is 1. The minimum absolute atomic E-state index is 0.186. The van der Waals surface area contributed by atoms with E-state index >= 15 is 0 Å². The number of aryl methyl sites for hydroxylation is 2. The van der Waals surface area contributed by atoms with Crippen molar-refractivity contribution in [3.8, 4) is 23.0 Å². The van der Waals surface area contributed by atoms with E-state index in [9.17, 15) is 9.90 Å². The maximum absolute atomic E-state index is 11.5. The van der Waals surface area contributed by atoms with Gasteiger partial charge >= 0.3 is 5.97 Å². The fourth-order valence-electron chi connectivity index (χ4n) is 3.17. The number of rotatable bonds is 7.